The number of esters is 3. The maximum Gasteiger partial charge on any atom is 0.405 e. The number of carbonyl (C=O) groups excluding carboxylic acids is 3. The van der Waals surface area contributed by atoms with Crippen LogP contribution in [0.15, 0.2) is 0 Å². The first-order valence-electron chi connectivity index (χ1n) is 11.3. The van der Waals surface area contributed by atoms with Gasteiger partial charge in [0.15, 0.2) is 6.10 Å². The molecule has 2 saturated carbocycles. The molecule has 34 heavy (non-hydrogen) atoms. The largest absolute Gasteiger partial charge is 0.458 e. The third kappa shape index (κ3) is 4.92. The van der Waals surface area contributed by atoms with Crippen molar-refractivity contribution in [3.05, 3.63) is 0 Å². The topological polar surface area (TPSA) is 154 Å². The molecule has 0 aromatic rings. The molecular weight excluding hydrogens is 482 g/mol. The van der Waals surface area contributed by atoms with Crippen LogP contribution >= 0.6 is 0 Å². The predicted octanol–water partition coefficient (Wildman–Crippen LogP) is 1.84. The van der Waals surface area contributed by atoms with Gasteiger partial charge in [-0.1, -0.05) is 26.7 Å². The monoisotopic (exact) mass is 512 g/mol. The molecule has 3 rings (SSSR count). The summed E-state index contributed by atoms with van der Waals surface area (Å²) in [6.45, 7) is 3.14. The molecule has 0 spiro atoms. The van der Waals surface area contributed by atoms with Crippen molar-refractivity contribution < 1.29 is 55.5 Å². The van der Waals surface area contributed by atoms with Crippen LogP contribution in [-0.4, -0.2) is 65.2 Å². The van der Waals surface area contributed by atoms with Gasteiger partial charge in [0.1, 0.15) is 12.2 Å². The second-order valence-corrected chi connectivity index (χ2v) is 11.1. The first-order chi connectivity index (χ1) is 15.6. The Morgan fingerprint density at radius 3 is 2.24 bits per heavy atom. The van der Waals surface area contributed by atoms with Crippen LogP contribution < -0.4 is 0 Å². The number of ether oxygens (including phenoxy) is 3. The Bertz CT molecular complexity index is 930. The summed E-state index contributed by atoms with van der Waals surface area (Å²) in [5.41, 5.74) is -1.04. The second-order valence-electron chi connectivity index (χ2n) is 9.64. The van der Waals surface area contributed by atoms with Gasteiger partial charge >= 0.3 is 33.3 Å². The molecule has 1 heterocycles. The van der Waals surface area contributed by atoms with Gasteiger partial charge in [-0.05, 0) is 26.2 Å². The lowest BCUT2D eigenvalue weighted by Crippen LogP contribution is -2.48. The molecule has 3 fully saturated rings. The van der Waals surface area contributed by atoms with Gasteiger partial charge < -0.3 is 19.3 Å². The quantitative estimate of drug-likeness (QED) is 0.280. The zero-order valence-corrected chi connectivity index (χ0v) is 19.9. The van der Waals surface area contributed by atoms with E-state index in [9.17, 15) is 36.7 Å². The van der Waals surface area contributed by atoms with E-state index in [4.69, 9.17) is 14.0 Å². The highest BCUT2D eigenvalue weighted by molar-refractivity contribution is 7.86. The maximum atomic E-state index is 13.7. The number of carbonyl (C=O) groups is 3. The van der Waals surface area contributed by atoms with E-state index in [-0.39, 0.29) is 6.42 Å². The van der Waals surface area contributed by atoms with Crippen LogP contribution in [0.2, 0.25) is 0 Å². The highest BCUT2D eigenvalue weighted by Crippen LogP contribution is 2.50. The van der Waals surface area contributed by atoms with Crippen LogP contribution in [0.25, 0.3) is 0 Å². The predicted molar refractivity (Wildman–Crippen MR) is 110 cm³/mol. The molecule has 1 aliphatic heterocycles. The van der Waals surface area contributed by atoms with Gasteiger partial charge in [-0.15, -0.1) is 0 Å². The third-order valence-corrected chi connectivity index (χ3v) is 8.49. The summed E-state index contributed by atoms with van der Waals surface area (Å²) in [6, 6.07) is 0. The van der Waals surface area contributed by atoms with E-state index in [1.807, 2.05) is 0 Å². The molecule has 7 atom stereocenters. The minimum atomic E-state index is -5.82. The van der Waals surface area contributed by atoms with E-state index >= 15 is 0 Å². The Hall–Kier alpha value is -1.86. The minimum absolute atomic E-state index is 0.215. The fraction of sp³-hybridized carbons (Fsp3) is 0.857. The van der Waals surface area contributed by atoms with Crippen LogP contribution in [0.5, 0.6) is 0 Å². The van der Waals surface area contributed by atoms with E-state index in [1.54, 1.807) is 0 Å². The molecule has 0 amide bonds. The van der Waals surface area contributed by atoms with Crippen molar-refractivity contribution >= 4 is 28.0 Å². The number of fused-ring (bicyclic) bond motifs is 2. The highest BCUT2D eigenvalue weighted by Gasteiger charge is 2.57. The van der Waals surface area contributed by atoms with Crippen LogP contribution in [-0.2, 0) is 38.7 Å². The molecule has 194 valence electrons. The van der Waals surface area contributed by atoms with E-state index in [0.29, 0.717) is 26.2 Å². The van der Waals surface area contributed by atoms with Crippen molar-refractivity contribution in [3.8, 4) is 0 Å². The smallest absolute Gasteiger partial charge is 0.405 e. The Morgan fingerprint density at radius 2 is 1.68 bits per heavy atom. The molecule has 10 nitrogen and oxygen atoms in total. The van der Waals surface area contributed by atoms with Gasteiger partial charge in [-0.25, -0.2) is 0 Å². The van der Waals surface area contributed by atoms with Gasteiger partial charge in [0.25, 0.3) is 0 Å². The summed E-state index contributed by atoms with van der Waals surface area (Å²) in [5.74, 6) is -5.93. The molecule has 2 N–H and O–H groups in total. The third-order valence-electron chi connectivity index (χ3n) is 7.47. The summed E-state index contributed by atoms with van der Waals surface area (Å²) >= 11 is 0. The fourth-order valence-electron chi connectivity index (χ4n) is 5.05. The SMILES string of the molecule is CC(C(=O)OC1CC(C2(O)CCCC2)C2CC1OC2=O)C(C)C(=O)OC(C)C(F)(F)S(=O)(=O)O. The molecule has 0 aromatic carbocycles. The number of rotatable bonds is 8. The first kappa shape index (κ1) is 26.7. The zero-order chi connectivity index (χ0) is 25.6. The Kier molecular flexibility index (Phi) is 7.32. The molecule has 0 radical (unpaired) electrons. The average Bonchev–Trinajstić information content (AvgIpc) is 3.32. The lowest BCUT2D eigenvalue weighted by atomic mass is 9.69. The van der Waals surface area contributed by atoms with Gasteiger partial charge in [-0.3, -0.25) is 18.9 Å². The van der Waals surface area contributed by atoms with Crippen molar-refractivity contribution in [1.82, 2.24) is 0 Å². The van der Waals surface area contributed by atoms with E-state index < -0.39 is 80.9 Å². The summed E-state index contributed by atoms with van der Waals surface area (Å²) in [6.07, 6.45) is -0.755. The van der Waals surface area contributed by atoms with E-state index in [2.05, 4.69) is 4.74 Å². The molecule has 3 aliphatic rings. The Balaban J connectivity index is 1.64. The summed E-state index contributed by atoms with van der Waals surface area (Å²) in [4.78, 5) is 37.3. The molecule has 2 bridgehead atoms. The molecule has 0 aromatic heterocycles. The molecule has 1 saturated heterocycles. The van der Waals surface area contributed by atoms with E-state index in [1.165, 1.54) is 13.8 Å². The average molecular weight is 513 g/mol. The lowest BCUT2D eigenvalue weighted by Gasteiger charge is -2.40. The highest BCUT2D eigenvalue weighted by atomic mass is 32.2. The number of alkyl halides is 2. The summed E-state index contributed by atoms with van der Waals surface area (Å²) < 4.78 is 73.0. The molecule has 2 aliphatic carbocycles. The van der Waals surface area contributed by atoms with Crippen molar-refractivity contribution in [2.24, 2.45) is 23.7 Å². The van der Waals surface area contributed by atoms with Crippen molar-refractivity contribution in [1.29, 1.82) is 0 Å². The molecular formula is C21H30F2O10S. The first-order valence-corrected chi connectivity index (χ1v) is 12.7. The summed E-state index contributed by atoms with van der Waals surface area (Å²) in [7, 11) is -5.82. The molecule has 13 heteroatoms. The zero-order valence-electron chi connectivity index (χ0n) is 19.1. The van der Waals surface area contributed by atoms with Gasteiger partial charge in [0.05, 0.1) is 23.4 Å². The molecule has 7 unspecified atom stereocenters. The van der Waals surface area contributed by atoms with Gasteiger partial charge in [0.2, 0.25) is 0 Å². The fourth-order valence-corrected chi connectivity index (χ4v) is 5.52. The van der Waals surface area contributed by atoms with Crippen LogP contribution in [0.3, 0.4) is 0 Å². The van der Waals surface area contributed by atoms with Crippen molar-refractivity contribution in [2.75, 3.05) is 0 Å². The normalized spacial score (nSPS) is 31.3. The van der Waals surface area contributed by atoms with Crippen LogP contribution in [0.4, 0.5) is 8.78 Å². The van der Waals surface area contributed by atoms with Crippen molar-refractivity contribution in [2.45, 2.75) is 88.5 Å². The number of aliphatic hydroxyl groups is 1. The maximum absolute atomic E-state index is 13.7. The Morgan fingerprint density at radius 1 is 1.12 bits per heavy atom. The Labute approximate surface area is 196 Å². The van der Waals surface area contributed by atoms with Crippen molar-refractivity contribution in [3.63, 3.8) is 0 Å². The number of hydrogen-bond donors (Lipinski definition) is 2. The van der Waals surface area contributed by atoms with Crippen LogP contribution in [0.1, 0.15) is 59.3 Å². The summed E-state index contributed by atoms with van der Waals surface area (Å²) in [5, 5.41) is 6.32. The standard InChI is InChI=1S/C21H30F2O10S/c1-10(17(24)31-12(3)21(22,23)34(28,29)30)11(2)18(25)32-16-9-14(20(27)6-4-5-7-20)13-8-15(16)33-19(13)26/h10-16,27H,4-9H2,1-3H3,(H,28,29,30). The van der Waals surface area contributed by atoms with Gasteiger partial charge in [-0.2, -0.15) is 17.2 Å². The minimum Gasteiger partial charge on any atom is -0.458 e. The van der Waals surface area contributed by atoms with Gasteiger partial charge in [0, 0.05) is 12.3 Å². The lowest BCUT2D eigenvalue weighted by molar-refractivity contribution is -0.176. The van der Waals surface area contributed by atoms with Crippen LogP contribution in [0, 0.1) is 23.7 Å². The number of hydrogen-bond acceptors (Lipinski definition) is 9. The number of halogens is 2. The van der Waals surface area contributed by atoms with E-state index in [0.717, 1.165) is 12.8 Å². The second kappa shape index (κ2) is 9.30.